The van der Waals surface area contributed by atoms with E-state index in [-0.39, 0.29) is 12.0 Å². The van der Waals surface area contributed by atoms with Crippen LogP contribution in [0.4, 0.5) is 0 Å². The first kappa shape index (κ1) is 15.0. The lowest BCUT2D eigenvalue weighted by Gasteiger charge is -2.18. The van der Waals surface area contributed by atoms with Gasteiger partial charge in [0.25, 0.3) is 0 Å². The smallest absolute Gasteiger partial charge is 0.327 e. The maximum absolute atomic E-state index is 12.2. The molecule has 2 rings (SSSR count). The predicted molar refractivity (Wildman–Crippen MR) is 84.0 cm³/mol. The third-order valence-electron chi connectivity index (χ3n) is 3.07. The van der Waals surface area contributed by atoms with E-state index >= 15 is 0 Å². The molecule has 1 unspecified atom stereocenters. The molecule has 20 heavy (non-hydrogen) atoms. The minimum atomic E-state index is -0.381. The molecule has 0 saturated carbocycles. The van der Waals surface area contributed by atoms with E-state index in [1.165, 1.54) is 4.70 Å². The number of rotatable bonds is 6. The molecule has 0 aliphatic heterocycles. The van der Waals surface area contributed by atoms with E-state index in [1.54, 1.807) is 11.3 Å². The van der Waals surface area contributed by atoms with Gasteiger partial charge in [-0.1, -0.05) is 32.0 Å². The molecule has 3 nitrogen and oxygen atoms in total. The normalized spacial score (nSPS) is 12.8. The Balaban J connectivity index is 2.31. The van der Waals surface area contributed by atoms with E-state index in [1.807, 2.05) is 19.1 Å². The van der Waals surface area contributed by atoms with Crippen LogP contribution in [-0.2, 0) is 9.53 Å². The Labute approximate surface area is 123 Å². The minimum absolute atomic E-state index is 0.197. The lowest BCUT2D eigenvalue weighted by atomic mass is 10.0. The molecule has 4 heteroatoms. The Kier molecular flexibility index (Phi) is 5.15. The number of hydrogen-bond acceptors (Lipinski definition) is 4. The van der Waals surface area contributed by atoms with Gasteiger partial charge in [-0.2, -0.15) is 0 Å². The third kappa shape index (κ3) is 3.38. The predicted octanol–water partition coefficient (Wildman–Crippen LogP) is 3.75. The van der Waals surface area contributed by atoms with Crippen LogP contribution in [0.5, 0.6) is 0 Å². The summed E-state index contributed by atoms with van der Waals surface area (Å²) in [6, 6.07) is 7.78. The van der Waals surface area contributed by atoms with Crippen LogP contribution in [0.3, 0.4) is 0 Å². The van der Waals surface area contributed by atoms with Crippen molar-refractivity contribution in [3.05, 3.63) is 35.2 Å². The van der Waals surface area contributed by atoms with Crippen molar-refractivity contribution in [2.24, 2.45) is 5.92 Å². The van der Waals surface area contributed by atoms with Crippen molar-refractivity contribution in [3.63, 3.8) is 0 Å². The van der Waals surface area contributed by atoms with Gasteiger partial charge in [0.2, 0.25) is 0 Å². The number of carbonyl (C=O) groups is 1. The summed E-state index contributed by atoms with van der Waals surface area (Å²) in [4.78, 5) is 12.2. The number of carbonyl (C=O) groups excluding carboxylic acids is 1. The van der Waals surface area contributed by atoms with Crippen LogP contribution in [0.15, 0.2) is 29.6 Å². The van der Waals surface area contributed by atoms with Crippen molar-refractivity contribution in [2.45, 2.75) is 26.8 Å². The summed E-state index contributed by atoms with van der Waals surface area (Å²) in [6.07, 6.45) is 0. The molecule has 0 amide bonds. The lowest BCUT2D eigenvalue weighted by molar-refractivity contribution is -0.145. The second-order valence-electron chi connectivity index (χ2n) is 5.17. The molecule has 0 bridgehead atoms. The Morgan fingerprint density at radius 2 is 2.10 bits per heavy atom. The fraction of sp³-hybridized carbons (Fsp3) is 0.438. The highest BCUT2D eigenvalue weighted by molar-refractivity contribution is 7.17. The molecule has 1 heterocycles. The highest BCUT2D eigenvalue weighted by atomic mass is 32.1. The van der Waals surface area contributed by atoms with E-state index in [0.29, 0.717) is 12.5 Å². The molecule has 0 spiro atoms. The number of nitrogens with one attached hydrogen (secondary N) is 1. The van der Waals surface area contributed by atoms with Crippen LogP contribution >= 0.6 is 11.3 Å². The van der Waals surface area contributed by atoms with E-state index in [2.05, 4.69) is 36.7 Å². The van der Waals surface area contributed by atoms with Crippen molar-refractivity contribution >= 4 is 27.4 Å². The number of ether oxygens (including phenoxy) is 1. The van der Waals surface area contributed by atoms with Crippen LogP contribution in [0, 0.1) is 5.92 Å². The molecule has 0 radical (unpaired) electrons. The summed E-state index contributed by atoms with van der Waals surface area (Å²) in [6.45, 7) is 7.28. The van der Waals surface area contributed by atoms with Crippen molar-refractivity contribution in [2.75, 3.05) is 13.2 Å². The third-order valence-corrected chi connectivity index (χ3v) is 4.06. The SMILES string of the molecule is CCOC(=O)C(NCC(C)C)c1csc2ccccc12. The zero-order valence-electron chi connectivity index (χ0n) is 12.2. The van der Waals surface area contributed by atoms with Crippen molar-refractivity contribution in [1.29, 1.82) is 0 Å². The Morgan fingerprint density at radius 1 is 1.35 bits per heavy atom. The molecule has 108 valence electrons. The first-order chi connectivity index (χ1) is 9.63. The molecule has 2 aromatic rings. The molecule has 0 aliphatic carbocycles. The first-order valence-corrected chi connectivity index (χ1v) is 7.87. The Bertz CT molecular complexity index is 577. The van der Waals surface area contributed by atoms with Gasteiger partial charge in [-0.25, -0.2) is 4.79 Å². The molecule has 0 fully saturated rings. The number of hydrogen-bond donors (Lipinski definition) is 1. The second-order valence-corrected chi connectivity index (χ2v) is 6.09. The zero-order valence-corrected chi connectivity index (χ0v) is 13.0. The van der Waals surface area contributed by atoms with Gasteiger partial charge in [-0.05, 0) is 41.8 Å². The molecular formula is C16H21NO2S. The van der Waals surface area contributed by atoms with Crippen LogP contribution in [0.2, 0.25) is 0 Å². The second kappa shape index (κ2) is 6.86. The summed E-state index contributed by atoms with van der Waals surface area (Å²) in [5, 5.41) is 6.52. The largest absolute Gasteiger partial charge is 0.465 e. The summed E-state index contributed by atoms with van der Waals surface area (Å²) in [5.41, 5.74) is 1.02. The van der Waals surface area contributed by atoms with Crippen molar-refractivity contribution in [1.82, 2.24) is 5.32 Å². The van der Waals surface area contributed by atoms with Gasteiger partial charge in [0.1, 0.15) is 6.04 Å². The number of fused-ring (bicyclic) bond motifs is 1. The molecule has 1 atom stereocenters. The van der Waals surface area contributed by atoms with Gasteiger partial charge in [-0.3, -0.25) is 0 Å². The molecule has 1 N–H and O–H groups in total. The fourth-order valence-corrected chi connectivity index (χ4v) is 3.11. The summed E-state index contributed by atoms with van der Waals surface area (Å²) >= 11 is 1.66. The van der Waals surface area contributed by atoms with Gasteiger partial charge < -0.3 is 10.1 Å². The Morgan fingerprint density at radius 3 is 2.80 bits per heavy atom. The topological polar surface area (TPSA) is 38.3 Å². The molecular weight excluding hydrogens is 270 g/mol. The van der Waals surface area contributed by atoms with E-state index in [9.17, 15) is 4.79 Å². The van der Waals surface area contributed by atoms with Crippen molar-refractivity contribution < 1.29 is 9.53 Å². The van der Waals surface area contributed by atoms with Crippen LogP contribution in [0.25, 0.3) is 10.1 Å². The van der Waals surface area contributed by atoms with Gasteiger partial charge in [0, 0.05) is 4.70 Å². The molecule has 1 aromatic heterocycles. The highest BCUT2D eigenvalue weighted by Gasteiger charge is 2.24. The maximum Gasteiger partial charge on any atom is 0.327 e. The van der Waals surface area contributed by atoms with Gasteiger partial charge in [-0.15, -0.1) is 11.3 Å². The zero-order chi connectivity index (χ0) is 14.5. The van der Waals surface area contributed by atoms with Crippen LogP contribution in [0.1, 0.15) is 32.4 Å². The van der Waals surface area contributed by atoms with E-state index in [0.717, 1.165) is 17.5 Å². The monoisotopic (exact) mass is 291 g/mol. The number of esters is 1. The quantitative estimate of drug-likeness (QED) is 0.824. The molecule has 0 saturated heterocycles. The van der Waals surface area contributed by atoms with Crippen molar-refractivity contribution in [3.8, 4) is 0 Å². The summed E-state index contributed by atoms with van der Waals surface area (Å²) in [7, 11) is 0. The van der Waals surface area contributed by atoms with E-state index < -0.39 is 0 Å². The standard InChI is InChI=1S/C16H21NO2S/c1-4-19-16(18)15(17-9-11(2)3)13-10-20-14-8-6-5-7-12(13)14/h5-8,10-11,15,17H,4,9H2,1-3H3. The van der Waals surface area contributed by atoms with Crippen LogP contribution < -0.4 is 5.32 Å². The summed E-state index contributed by atoms with van der Waals surface area (Å²) in [5.74, 6) is 0.286. The first-order valence-electron chi connectivity index (χ1n) is 6.99. The average molecular weight is 291 g/mol. The number of thiophene rings is 1. The van der Waals surface area contributed by atoms with Gasteiger partial charge >= 0.3 is 5.97 Å². The van der Waals surface area contributed by atoms with E-state index in [4.69, 9.17) is 4.74 Å². The molecule has 1 aromatic carbocycles. The average Bonchev–Trinajstić information content (AvgIpc) is 2.83. The van der Waals surface area contributed by atoms with Gasteiger partial charge in [0.05, 0.1) is 6.61 Å². The fourth-order valence-electron chi connectivity index (χ4n) is 2.12. The maximum atomic E-state index is 12.2. The summed E-state index contributed by atoms with van der Waals surface area (Å²) < 4.78 is 6.41. The highest BCUT2D eigenvalue weighted by Crippen LogP contribution is 2.30. The minimum Gasteiger partial charge on any atom is -0.465 e. The van der Waals surface area contributed by atoms with Crippen LogP contribution in [-0.4, -0.2) is 19.1 Å². The Hall–Kier alpha value is -1.39. The van der Waals surface area contributed by atoms with Gasteiger partial charge in [0.15, 0.2) is 0 Å². The molecule has 0 aliphatic rings. The number of benzene rings is 1. The lowest BCUT2D eigenvalue weighted by Crippen LogP contribution is -2.32.